The van der Waals surface area contributed by atoms with Gasteiger partial charge in [0.2, 0.25) is 0 Å². The molecule has 0 saturated carbocycles. The number of aliphatic hydroxyl groups is 1. The molecule has 88 valence electrons. The van der Waals surface area contributed by atoms with Crippen LogP contribution in [0.3, 0.4) is 0 Å². The predicted octanol–water partition coefficient (Wildman–Crippen LogP) is 2.37. The van der Waals surface area contributed by atoms with Crippen molar-refractivity contribution in [2.45, 2.75) is 32.8 Å². The third kappa shape index (κ3) is 1.67. The van der Waals surface area contributed by atoms with Crippen LogP contribution in [0.5, 0.6) is 0 Å². The van der Waals surface area contributed by atoms with E-state index in [4.69, 9.17) is 0 Å². The Labute approximate surface area is 100 Å². The molecule has 0 spiro atoms. The van der Waals surface area contributed by atoms with Gasteiger partial charge in [0.25, 0.3) is 0 Å². The van der Waals surface area contributed by atoms with Gasteiger partial charge in [0, 0.05) is 11.1 Å². The average molecular weight is 228 g/mol. The molecular formula is C14H16N2O. The summed E-state index contributed by atoms with van der Waals surface area (Å²) in [5, 5.41) is 16.6. The van der Waals surface area contributed by atoms with Crippen molar-refractivity contribution < 1.29 is 5.11 Å². The normalized spacial score (nSPS) is 14.0. The van der Waals surface area contributed by atoms with E-state index in [9.17, 15) is 5.11 Å². The molecule has 3 heteroatoms. The van der Waals surface area contributed by atoms with Crippen molar-refractivity contribution in [2.24, 2.45) is 0 Å². The lowest BCUT2D eigenvalue weighted by Crippen LogP contribution is -1.92. The van der Waals surface area contributed by atoms with Crippen LogP contribution in [0.2, 0.25) is 0 Å². The Hall–Kier alpha value is -1.61. The van der Waals surface area contributed by atoms with Crippen LogP contribution in [0.15, 0.2) is 18.2 Å². The lowest BCUT2D eigenvalue weighted by molar-refractivity contribution is 0.275. The average Bonchev–Trinajstić information content (AvgIpc) is 2.64. The summed E-state index contributed by atoms with van der Waals surface area (Å²) in [5.41, 5.74) is 6.98. The summed E-state index contributed by atoms with van der Waals surface area (Å²) in [6.07, 6.45) is 3.21. The molecule has 17 heavy (non-hydrogen) atoms. The van der Waals surface area contributed by atoms with Crippen LogP contribution in [0.25, 0.3) is 11.3 Å². The summed E-state index contributed by atoms with van der Waals surface area (Å²) in [4.78, 5) is 0. The molecule has 0 aliphatic heterocycles. The Morgan fingerprint density at radius 1 is 1.35 bits per heavy atom. The number of hydrogen-bond acceptors (Lipinski definition) is 2. The first-order valence-corrected chi connectivity index (χ1v) is 6.06. The molecule has 1 aliphatic carbocycles. The molecule has 3 rings (SSSR count). The van der Waals surface area contributed by atoms with Crippen LogP contribution >= 0.6 is 0 Å². The second-order valence-corrected chi connectivity index (χ2v) is 4.70. The van der Waals surface area contributed by atoms with Gasteiger partial charge in [-0.05, 0) is 31.7 Å². The highest BCUT2D eigenvalue weighted by molar-refractivity contribution is 5.69. The monoisotopic (exact) mass is 228 g/mol. The highest BCUT2D eigenvalue weighted by Gasteiger charge is 2.19. The van der Waals surface area contributed by atoms with Gasteiger partial charge in [-0.25, -0.2) is 0 Å². The first kappa shape index (κ1) is 10.5. The Kier molecular flexibility index (Phi) is 2.48. The first-order chi connectivity index (χ1) is 8.29. The highest BCUT2D eigenvalue weighted by Crippen LogP contribution is 2.32. The number of hydrogen-bond donors (Lipinski definition) is 2. The number of aliphatic hydroxyl groups excluding tert-OH is 1. The number of aromatic nitrogens is 2. The minimum Gasteiger partial charge on any atom is -0.390 e. The van der Waals surface area contributed by atoms with Crippen molar-refractivity contribution in [3.05, 3.63) is 40.6 Å². The molecule has 0 saturated heterocycles. The molecule has 0 bridgehead atoms. The third-order valence-corrected chi connectivity index (χ3v) is 3.50. The number of rotatable bonds is 1. The summed E-state index contributed by atoms with van der Waals surface area (Å²) in [7, 11) is 0. The number of benzene rings is 1. The molecule has 3 nitrogen and oxygen atoms in total. The summed E-state index contributed by atoms with van der Waals surface area (Å²) >= 11 is 0. The SMILES string of the molecule is Cc1ccc2c(c1)CCCc1c-2n[nH]c1CO. The van der Waals surface area contributed by atoms with Crippen molar-refractivity contribution in [1.29, 1.82) is 0 Å². The van der Waals surface area contributed by atoms with E-state index in [2.05, 4.69) is 35.3 Å². The van der Waals surface area contributed by atoms with E-state index >= 15 is 0 Å². The third-order valence-electron chi connectivity index (χ3n) is 3.50. The number of H-pyrrole nitrogens is 1. The maximum absolute atomic E-state index is 9.30. The molecule has 0 fully saturated rings. The first-order valence-electron chi connectivity index (χ1n) is 6.06. The van der Waals surface area contributed by atoms with E-state index in [0.29, 0.717) is 0 Å². The van der Waals surface area contributed by atoms with Crippen LogP contribution in [0.4, 0.5) is 0 Å². The van der Waals surface area contributed by atoms with Gasteiger partial charge in [-0.3, -0.25) is 5.10 Å². The smallest absolute Gasteiger partial charge is 0.0959 e. The maximum atomic E-state index is 9.30. The van der Waals surface area contributed by atoms with E-state index in [1.807, 2.05) is 0 Å². The van der Waals surface area contributed by atoms with Crippen molar-refractivity contribution in [3.63, 3.8) is 0 Å². The van der Waals surface area contributed by atoms with Crippen LogP contribution in [-0.2, 0) is 19.4 Å². The molecule has 2 aromatic rings. The molecule has 1 aliphatic rings. The molecule has 2 N–H and O–H groups in total. The van der Waals surface area contributed by atoms with Gasteiger partial charge < -0.3 is 5.11 Å². The number of fused-ring (bicyclic) bond motifs is 3. The van der Waals surface area contributed by atoms with Crippen molar-refractivity contribution in [2.75, 3.05) is 0 Å². The van der Waals surface area contributed by atoms with Crippen molar-refractivity contribution in [1.82, 2.24) is 10.2 Å². The Morgan fingerprint density at radius 2 is 2.24 bits per heavy atom. The molecule has 0 amide bonds. The summed E-state index contributed by atoms with van der Waals surface area (Å²) in [6, 6.07) is 6.52. The van der Waals surface area contributed by atoms with Gasteiger partial charge in [-0.2, -0.15) is 5.10 Å². The quantitative estimate of drug-likeness (QED) is 0.787. The molecule has 0 unspecified atom stereocenters. The zero-order valence-electron chi connectivity index (χ0n) is 9.95. The fourth-order valence-corrected chi connectivity index (χ4v) is 2.64. The van der Waals surface area contributed by atoms with Crippen LogP contribution in [0, 0.1) is 6.92 Å². The summed E-state index contributed by atoms with van der Waals surface area (Å²) in [6.45, 7) is 2.17. The topological polar surface area (TPSA) is 48.9 Å². The fraction of sp³-hybridized carbons (Fsp3) is 0.357. The van der Waals surface area contributed by atoms with E-state index < -0.39 is 0 Å². The minimum absolute atomic E-state index is 0.0452. The molecule has 0 atom stereocenters. The fourth-order valence-electron chi connectivity index (χ4n) is 2.64. The minimum atomic E-state index is 0.0452. The zero-order valence-corrected chi connectivity index (χ0v) is 9.95. The van der Waals surface area contributed by atoms with Crippen LogP contribution < -0.4 is 0 Å². The Bertz CT molecular complexity index is 557. The number of nitrogens with zero attached hydrogens (tertiary/aromatic N) is 1. The lowest BCUT2D eigenvalue weighted by Gasteiger charge is -2.05. The van der Waals surface area contributed by atoms with E-state index in [-0.39, 0.29) is 6.61 Å². The van der Waals surface area contributed by atoms with E-state index in [1.54, 1.807) is 0 Å². The second kappa shape index (κ2) is 4.00. The van der Waals surface area contributed by atoms with Crippen molar-refractivity contribution in [3.8, 4) is 11.3 Å². The summed E-state index contributed by atoms with van der Waals surface area (Å²) < 4.78 is 0. The van der Waals surface area contributed by atoms with Gasteiger partial charge in [0.1, 0.15) is 0 Å². The van der Waals surface area contributed by atoms with E-state index in [1.165, 1.54) is 22.3 Å². The molecule has 1 heterocycles. The van der Waals surface area contributed by atoms with Gasteiger partial charge >= 0.3 is 0 Å². The highest BCUT2D eigenvalue weighted by atomic mass is 16.3. The van der Waals surface area contributed by atoms with Gasteiger partial charge in [-0.15, -0.1) is 0 Å². The standard InChI is InChI=1S/C14H16N2O/c1-9-5-6-11-10(7-9)3-2-4-12-13(8-17)15-16-14(11)12/h5-7,17H,2-4,8H2,1H3,(H,15,16). The zero-order chi connectivity index (χ0) is 11.8. The number of nitrogens with one attached hydrogen (secondary N) is 1. The van der Waals surface area contributed by atoms with Crippen LogP contribution in [0.1, 0.15) is 28.8 Å². The van der Waals surface area contributed by atoms with Gasteiger partial charge in [0.05, 0.1) is 18.0 Å². The molecule has 0 radical (unpaired) electrons. The lowest BCUT2D eigenvalue weighted by atomic mass is 10.00. The van der Waals surface area contributed by atoms with Gasteiger partial charge in [-0.1, -0.05) is 23.8 Å². The van der Waals surface area contributed by atoms with E-state index in [0.717, 1.165) is 30.7 Å². The van der Waals surface area contributed by atoms with Gasteiger partial charge in [0.15, 0.2) is 0 Å². The molecule has 1 aromatic heterocycles. The largest absolute Gasteiger partial charge is 0.390 e. The summed E-state index contributed by atoms with van der Waals surface area (Å²) in [5.74, 6) is 0. The second-order valence-electron chi connectivity index (χ2n) is 4.70. The molecule has 1 aromatic carbocycles. The predicted molar refractivity (Wildman–Crippen MR) is 66.7 cm³/mol. The number of aryl methyl sites for hydroxylation is 2. The maximum Gasteiger partial charge on any atom is 0.0959 e. The van der Waals surface area contributed by atoms with Crippen molar-refractivity contribution >= 4 is 0 Å². The number of aromatic amines is 1. The molecular weight excluding hydrogens is 212 g/mol. The van der Waals surface area contributed by atoms with Crippen LogP contribution in [-0.4, -0.2) is 15.3 Å². The Morgan fingerprint density at radius 3 is 3.06 bits per heavy atom. The Balaban J connectivity index is 2.21.